The predicted molar refractivity (Wildman–Crippen MR) is 111 cm³/mol. The molecule has 2 heteroatoms. The van der Waals surface area contributed by atoms with Gasteiger partial charge < -0.3 is 4.90 Å². The Kier molecular flexibility index (Phi) is 7.16. The number of hydrogen-bond donors (Lipinski definition) is 0. The third kappa shape index (κ3) is 4.90. The van der Waals surface area contributed by atoms with Crippen LogP contribution < -0.4 is 4.90 Å². The van der Waals surface area contributed by atoms with Crippen LogP contribution in [-0.2, 0) is 4.79 Å². The summed E-state index contributed by atoms with van der Waals surface area (Å²) in [6, 6.07) is 6.71. The number of aryl methyl sites for hydroxylation is 1. The lowest BCUT2D eigenvalue weighted by atomic mass is 9.81. The number of nitrogens with zero attached hydrogens (tertiary/aromatic N) is 1. The molecule has 1 aromatic carbocycles. The second-order valence-corrected chi connectivity index (χ2v) is 8.67. The van der Waals surface area contributed by atoms with E-state index in [0.717, 1.165) is 18.9 Å². The number of carbonyl (C=O) groups excluding carboxylic acids is 1. The van der Waals surface area contributed by atoms with Crippen molar-refractivity contribution in [2.75, 3.05) is 11.4 Å². The van der Waals surface area contributed by atoms with E-state index in [-0.39, 0.29) is 0 Å². The van der Waals surface area contributed by atoms with Crippen molar-refractivity contribution in [3.63, 3.8) is 0 Å². The highest BCUT2D eigenvalue weighted by Gasteiger charge is 2.33. The molecular weight excluding hydrogens is 318 g/mol. The van der Waals surface area contributed by atoms with Crippen LogP contribution in [0.25, 0.3) is 0 Å². The SMILES string of the molecule is CCCCCCCC(=O)N1CC(CC2CCCCC2)c2cc(C)ccc21. The maximum Gasteiger partial charge on any atom is 0.227 e. The van der Waals surface area contributed by atoms with Crippen molar-refractivity contribution in [1.82, 2.24) is 0 Å². The summed E-state index contributed by atoms with van der Waals surface area (Å²) in [5.41, 5.74) is 3.97. The van der Waals surface area contributed by atoms with Gasteiger partial charge in [0.25, 0.3) is 0 Å². The van der Waals surface area contributed by atoms with Crippen molar-refractivity contribution in [2.24, 2.45) is 5.92 Å². The molecule has 144 valence electrons. The van der Waals surface area contributed by atoms with E-state index in [1.807, 2.05) is 0 Å². The van der Waals surface area contributed by atoms with Gasteiger partial charge >= 0.3 is 0 Å². The molecule has 26 heavy (non-hydrogen) atoms. The Bertz CT molecular complexity index is 588. The van der Waals surface area contributed by atoms with E-state index in [2.05, 4.69) is 36.9 Å². The van der Waals surface area contributed by atoms with Crippen molar-refractivity contribution < 1.29 is 4.79 Å². The van der Waals surface area contributed by atoms with E-state index in [0.29, 0.717) is 18.2 Å². The maximum absolute atomic E-state index is 12.9. The molecule has 0 saturated heterocycles. The molecule has 1 saturated carbocycles. The van der Waals surface area contributed by atoms with Crippen LogP contribution in [-0.4, -0.2) is 12.5 Å². The Balaban J connectivity index is 1.63. The standard InChI is InChI=1S/C24H37NO/c1-3-4-5-6-10-13-24(26)25-18-21(17-20-11-8-7-9-12-20)22-16-19(2)14-15-23(22)25/h14-16,20-21H,3-13,17-18H2,1-2H3. The Labute approximate surface area is 160 Å². The summed E-state index contributed by atoms with van der Waals surface area (Å²) in [7, 11) is 0. The van der Waals surface area contributed by atoms with Crippen LogP contribution in [0.1, 0.15) is 101 Å². The first-order chi connectivity index (χ1) is 12.7. The molecule has 2 aliphatic rings. The lowest BCUT2D eigenvalue weighted by Gasteiger charge is -2.25. The molecule has 0 N–H and O–H groups in total. The van der Waals surface area contributed by atoms with Gasteiger partial charge in [0, 0.05) is 24.6 Å². The zero-order valence-electron chi connectivity index (χ0n) is 16.9. The normalized spacial score (nSPS) is 20.4. The van der Waals surface area contributed by atoms with E-state index in [1.54, 1.807) is 0 Å². The minimum absolute atomic E-state index is 0.345. The number of anilines is 1. The first-order valence-corrected chi connectivity index (χ1v) is 11.1. The van der Waals surface area contributed by atoms with Crippen LogP contribution in [0.4, 0.5) is 5.69 Å². The summed E-state index contributed by atoms with van der Waals surface area (Å²) >= 11 is 0. The van der Waals surface area contributed by atoms with Crippen molar-refractivity contribution in [3.05, 3.63) is 29.3 Å². The number of hydrogen-bond acceptors (Lipinski definition) is 1. The lowest BCUT2D eigenvalue weighted by molar-refractivity contribution is -0.118. The summed E-state index contributed by atoms with van der Waals surface area (Å²) in [6.45, 7) is 5.33. The molecule has 1 aliphatic heterocycles. The molecule has 1 aliphatic carbocycles. The summed E-state index contributed by atoms with van der Waals surface area (Å²) in [4.78, 5) is 15.0. The van der Waals surface area contributed by atoms with Gasteiger partial charge in [-0.05, 0) is 37.3 Å². The molecule has 0 spiro atoms. The maximum atomic E-state index is 12.9. The van der Waals surface area contributed by atoms with Crippen LogP contribution in [0.3, 0.4) is 0 Å². The van der Waals surface area contributed by atoms with Gasteiger partial charge in [-0.1, -0.05) is 82.4 Å². The van der Waals surface area contributed by atoms with Crippen molar-refractivity contribution in [3.8, 4) is 0 Å². The smallest absolute Gasteiger partial charge is 0.227 e. The molecule has 1 atom stereocenters. The van der Waals surface area contributed by atoms with Crippen molar-refractivity contribution in [2.45, 2.75) is 96.8 Å². The fourth-order valence-corrected chi connectivity index (χ4v) is 4.94. The highest BCUT2D eigenvalue weighted by atomic mass is 16.2. The molecule has 0 bridgehead atoms. The van der Waals surface area contributed by atoms with E-state index in [9.17, 15) is 4.79 Å². The van der Waals surface area contributed by atoms with Gasteiger partial charge in [0.05, 0.1) is 0 Å². The third-order valence-corrected chi connectivity index (χ3v) is 6.45. The van der Waals surface area contributed by atoms with Crippen molar-refractivity contribution in [1.29, 1.82) is 0 Å². The quantitative estimate of drug-likeness (QED) is 0.472. The van der Waals surface area contributed by atoms with Gasteiger partial charge in [0.2, 0.25) is 5.91 Å². The largest absolute Gasteiger partial charge is 0.312 e. The Morgan fingerprint density at radius 2 is 1.85 bits per heavy atom. The van der Waals surface area contributed by atoms with Crippen molar-refractivity contribution >= 4 is 11.6 Å². The number of fused-ring (bicyclic) bond motifs is 1. The Morgan fingerprint density at radius 1 is 1.08 bits per heavy atom. The molecular formula is C24H37NO. The molecule has 1 heterocycles. The highest BCUT2D eigenvalue weighted by Crippen LogP contribution is 2.42. The molecule has 1 aromatic rings. The first kappa shape index (κ1) is 19.5. The third-order valence-electron chi connectivity index (χ3n) is 6.45. The molecule has 2 nitrogen and oxygen atoms in total. The van der Waals surface area contributed by atoms with Crippen LogP contribution in [0, 0.1) is 12.8 Å². The van der Waals surface area contributed by atoms with E-state index in [1.165, 1.54) is 81.0 Å². The number of amides is 1. The predicted octanol–water partition coefficient (Wildman–Crippen LogP) is 6.76. The topological polar surface area (TPSA) is 20.3 Å². The van der Waals surface area contributed by atoms with Crippen LogP contribution in [0.15, 0.2) is 18.2 Å². The van der Waals surface area contributed by atoms with Crippen LogP contribution in [0.2, 0.25) is 0 Å². The minimum Gasteiger partial charge on any atom is -0.312 e. The minimum atomic E-state index is 0.345. The highest BCUT2D eigenvalue weighted by molar-refractivity contribution is 5.95. The molecule has 1 amide bonds. The van der Waals surface area contributed by atoms with Gasteiger partial charge in [-0.3, -0.25) is 4.79 Å². The van der Waals surface area contributed by atoms with Crippen LogP contribution >= 0.6 is 0 Å². The van der Waals surface area contributed by atoms with Crippen LogP contribution in [0.5, 0.6) is 0 Å². The van der Waals surface area contributed by atoms with Gasteiger partial charge in [0.15, 0.2) is 0 Å². The summed E-state index contributed by atoms with van der Waals surface area (Å²) in [6.07, 6.45) is 15.1. The fraction of sp³-hybridized carbons (Fsp3) is 0.708. The fourth-order valence-electron chi connectivity index (χ4n) is 4.94. The zero-order chi connectivity index (χ0) is 18.4. The first-order valence-electron chi connectivity index (χ1n) is 11.1. The van der Waals surface area contributed by atoms with E-state index >= 15 is 0 Å². The van der Waals surface area contributed by atoms with E-state index < -0.39 is 0 Å². The van der Waals surface area contributed by atoms with Gasteiger partial charge in [-0.25, -0.2) is 0 Å². The van der Waals surface area contributed by atoms with Gasteiger partial charge in [0.1, 0.15) is 0 Å². The number of unbranched alkanes of at least 4 members (excludes halogenated alkanes) is 4. The Hall–Kier alpha value is -1.31. The average Bonchev–Trinajstić information content (AvgIpc) is 3.00. The summed E-state index contributed by atoms with van der Waals surface area (Å²) < 4.78 is 0. The van der Waals surface area contributed by atoms with Gasteiger partial charge in [-0.15, -0.1) is 0 Å². The van der Waals surface area contributed by atoms with Gasteiger partial charge in [-0.2, -0.15) is 0 Å². The monoisotopic (exact) mass is 355 g/mol. The molecule has 1 unspecified atom stereocenters. The van der Waals surface area contributed by atoms with E-state index in [4.69, 9.17) is 0 Å². The summed E-state index contributed by atoms with van der Waals surface area (Å²) in [5.74, 6) is 1.76. The number of carbonyl (C=O) groups is 1. The molecule has 1 fully saturated rings. The number of benzene rings is 1. The summed E-state index contributed by atoms with van der Waals surface area (Å²) in [5, 5.41) is 0. The Morgan fingerprint density at radius 3 is 2.62 bits per heavy atom. The molecule has 3 rings (SSSR count). The lowest BCUT2D eigenvalue weighted by Crippen LogP contribution is -2.30. The second kappa shape index (κ2) is 9.58. The zero-order valence-corrected chi connectivity index (χ0v) is 16.9. The number of rotatable bonds is 8. The molecule has 0 aromatic heterocycles. The second-order valence-electron chi connectivity index (χ2n) is 8.67. The molecule has 0 radical (unpaired) electrons. The average molecular weight is 356 g/mol.